The van der Waals surface area contributed by atoms with Crippen LogP contribution in [-0.4, -0.2) is 28.5 Å². The highest BCUT2D eigenvalue weighted by Crippen LogP contribution is 2.35. The third kappa shape index (κ3) is 3.77. The quantitative estimate of drug-likeness (QED) is 0.782. The van der Waals surface area contributed by atoms with Gasteiger partial charge in [-0.15, -0.1) is 0 Å². The molecule has 0 radical (unpaired) electrons. The van der Waals surface area contributed by atoms with E-state index in [9.17, 15) is 0 Å². The van der Waals surface area contributed by atoms with E-state index in [1.165, 1.54) is 25.7 Å². The first-order valence-corrected chi connectivity index (χ1v) is 7.70. The summed E-state index contributed by atoms with van der Waals surface area (Å²) < 4.78 is 0. The van der Waals surface area contributed by atoms with Gasteiger partial charge in [0.05, 0.1) is 11.7 Å². The van der Waals surface area contributed by atoms with E-state index >= 15 is 0 Å². The Labute approximate surface area is 117 Å². The molecule has 3 heteroatoms. The first kappa shape index (κ1) is 14.5. The van der Waals surface area contributed by atoms with E-state index in [-0.39, 0.29) is 12.1 Å². The van der Waals surface area contributed by atoms with Crippen molar-refractivity contribution in [2.75, 3.05) is 6.54 Å². The fourth-order valence-corrected chi connectivity index (χ4v) is 2.71. The molecule has 2 N–H and O–H groups in total. The Bertz CT molecular complexity index is 362. The zero-order valence-corrected chi connectivity index (χ0v) is 12.3. The molecule has 0 aromatic carbocycles. The van der Waals surface area contributed by atoms with Gasteiger partial charge in [0.1, 0.15) is 0 Å². The summed E-state index contributed by atoms with van der Waals surface area (Å²) in [6.07, 6.45) is 8.01. The summed E-state index contributed by atoms with van der Waals surface area (Å²) in [7, 11) is 0. The maximum atomic E-state index is 6.41. The second-order valence-electron chi connectivity index (χ2n) is 5.59. The maximum Gasteiger partial charge on any atom is 0.0675 e. The number of nitrogens with zero attached hydrogens (tertiary/aromatic N) is 2. The Morgan fingerprint density at radius 3 is 2.68 bits per heavy atom. The van der Waals surface area contributed by atoms with Crippen LogP contribution in [0.1, 0.15) is 57.7 Å². The van der Waals surface area contributed by atoms with Crippen LogP contribution in [0.15, 0.2) is 24.4 Å². The number of hydrogen-bond acceptors (Lipinski definition) is 3. The van der Waals surface area contributed by atoms with Gasteiger partial charge in [-0.05, 0) is 44.4 Å². The van der Waals surface area contributed by atoms with Crippen molar-refractivity contribution in [3.63, 3.8) is 0 Å². The number of unbranched alkanes of at least 4 members (excludes halogenated alkanes) is 1. The zero-order chi connectivity index (χ0) is 13.7. The lowest BCUT2D eigenvalue weighted by molar-refractivity contribution is 0.153. The Morgan fingerprint density at radius 2 is 2.16 bits per heavy atom. The molecular weight excluding hydrogens is 234 g/mol. The van der Waals surface area contributed by atoms with Crippen molar-refractivity contribution in [1.29, 1.82) is 0 Å². The molecule has 0 spiro atoms. The summed E-state index contributed by atoms with van der Waals surface area (Å²) in [5.74, 6) is 0. The highest BCUT2D eigenvalue weighted by atomic mass is 15.2. The lowest BCUT2D eigenvalue weighted by atomic mass is 10.00. The Kier molecular flexibility index (Phi) is 5.34. The van der Waals surface area contributed by atoms with Crippen molar-refractivity contribution < 1.29 is 0 Å². The van der Waals surface area contributed by atoms with Crippen LogP contribution in [-0.2, 0) is 0 Å². The van der Waals surface area contributed by atoms with Gasteiger partial charge in [0.15, 0.2) is 0 Å². The van der Waals surface area contributed by atoms with Crippen molar-refractivity contribution in [3.8, 4) is 0 Å². The van der Waals surface area contributed by atoms with Crippen molar-refractivity contribution in [3.05, 3.63) is 30.1 Å². The van der Waals surface area contributed by atoms with Gasteiger partial charge in [-0.25, -0.2) is 0 Å². The third-order valence-corrected chi connectivity index (χ3v) is 4.01. The van der Waals surface area contributed by atoms with E-state index in [4.69, 9.17) is 5.73 Å². The molecule has 1 saturated carbocycles. The summed E-state index contributed by atoms with van der Waals surface area (Å²) in [5, 5.41) is 0. The summed E-state index contributed by atoms with van der Waals surface area (Å²) in [5.41, 5.74) is 7.54. The standard InChI is InChI=1S/C16H27N3/c1-3-5-12-19(13-9-10-13)16(14(17)4-2)15-8-6-7-11-18-15/h6-8,11,13-14,16H,3-5,9-10,12,17H2,1-2H3. The Morgan fingerprint density at radius 1 is 1.37 bits per heavy atom. The summed E-state index contributed by atoms with van der Waals surface area (Å²) >= 11 is 0. The molecule has 1 heterocycles. The van der Waals surface area contributed by atoms with Gasteiger partial charge < -0.3 is 5.73 Å². The summed E-state index contributed by atoms with van der Waals surface area (Å²) in [4.78, 5) is 7.18. The molecule has 0 aliphatic heterocycles. The van der Waals surface area contributed by atoms with Crippen LogP contribution in [0.5, 0.6) is 0 Å². The van der Waals surface area contributed by atoms with Gasteiger partial charge >= 0.3 is 0 Å². The van der Waals surface area contributed by atoms with Crippen molar-refractivity contribution >= 4 is 0 Å². The minimum absolute atomic E-state index is 0.173. The molecule has 0 amide bonds. The maximum absolute atomic E-state index is 6.41. The SMILES string of the molecule is CCCCN(C1CC1)C(c1ccccn1)C(N)CC. The molecule has 1 aliphatic carbocycles. The third-order valence-electron chi connectivity index (χ3n) is 4.01. The van der Waals surface area contributed by atoms with Gasteiger partial charge in [-0.3, -0.25) is 9.88 Å². The smallest absolute Gasteiger partial charge is 0.0675 e. The largest absolute Gasteiger partial charge is 0.326 e. The van der Waals surface area contributed by atoms with Crippen LogP contribution in [0, 0.1) is 0 Å². The molecule has 1 aliphatic rings. The predicted octanol–water partition coefficient (Wildman–Crippen LogP) is 3.12. The predicted molar refractivity (Wildman–Crippen MR) is 79.9 cm³/mol. The highest BCUT2D eigenvalue weighted by Gasteiger charge is 2.36. The fraction of sp³-hybridized carbons (Fsp3) is 0.688. The number of pyridine rings is 1. The number of rotatable bonds is 8. The molecule has 1 aromatic rings. The van der Waals surface area contributed by atoms with Crippen LogP contribution < -0.4 is 5.73 Å². The van der Waals surface area contributed by atoms with Crippen LogP contribution in [0.4, 0.5) is 0 Å². The molecule has 106 valence electrons. The number of hydrogen-bond donors (Lipinski definition) is 1. The fourth-order valence-electron chi connectivity index (χ4n) is 2.71. The van der Waals surface area contributed by atoms with E-state index in [1.54, 1.807) is 0 Å². The van der Waals surface area contributed by atoms with E-state index in [0.717, 1.165) is 24.7 Å². The molecule has 3 nitrogen and oxygen atoms in total. The lowest BCUT2D eigenvalue weighted by Crippen LogP contribution is -2.43. The molecular formula is C16H27N3. The monoisotopic (exact) mass is 261 g/mol. The molecule has 19 heavy (non-hydrogen) atoms. The van der Waals surface area contributed by atoms with E-state index < -0.39 is 0 Å². The average molecular weight is 261 g/mol. The van der Waals surface area contributed by atoms with Gasteiger partial charge in [0, 0.05) is 18.3 Å². The van der Waals surface area contributed by atoms with Gasteiger partial charge in [0.25, 0.3) is 0 Å². The minimum Gasteiger partial charge on any atom is -0.326 e. The van der Waals surface area contributed by atoms with E-state index in [1.807, 2.05) is 12.3 Å². The molecule has 2 unspecified atom stereocenters. The zero-order valence-electron chi connectivity index (χ0n) is 12.3. The van der Waals surface area contributed by atoms with E-state index in [2.05, 4.69) is 35.9 Å². The van der Waals surface area contributed by atoms with Crippen LogP contribution in [0.25, 0.3) is 0 Å². The summed E-state index contributed by atoms with van der Waals surface area (Å²) in [6.45, 7) is 5.57. The molecule has 2 rings (SSSR count). The van der Waals surface area contributed by atoms with Crippen LogP contribution in [0.2, 0.25) is 0 Å². The van der Waals surface area contributed by atoms with Gasteiger partial charge in [-0.2, -0.15) is 0 Å². The topological polar surface area (TPSA) is 42.2 Å². The Hall–Kier alpha value is -0.930. The second kappa shape index (κ2) is 7.01. The van der Waals surface area contributed by atoms with Crippen LogP contribution in [0.3, 0.4) is 0 Å². The molecule has 1 aromatic heterocycles. The van der Waals surface area contributed by atoms with Crippen molar-refractivity contribution in [2.24, 2.45) is 5.73 Å². The lowest BCUT2D eigenvalue weighted by Gasteiger charge is -2.35. The van der Waals surface area contributed by atoms with Crippen molar-refractivity contribution in [2.45, 2.75) is 64.1 Å². The minimum atomic E-state index is 0.173. The van der Waals surface area contributed by atoms with E-state index in [0.29, 0.717) is 0 Å². The average Bonchev–Trinajstić information content (AvgIpc) is 3.28. The summed E-state index contributed by atoms with van der Waals surface area (Å²) in [6, 6.07) is 7.36. The van der Waals surface area contributed by atoms with Crippen molar-refractivity contribution in [1.82, 2.24) is 9.88 Å². The molecule has 0 saturated heterocycles. The normalized spacial score (nSPS) is 18.5. The molecule has 2 atom stereocenters. The first-order valence-electron chi connectivity index (χ1n) is 7.70. The molecule has 1 fully saturated rings. The Balaban J connectivity index is 2.19. The number of nitrogens with two attached hydrogens (primary N) is 1. The highest BCUT2D eigenvalue weighted by molar-refractivity contribution is 5.13. The molecule has 0 bridgehead atoms. The second-order valence-corrected chi connectivity index (χ2v) is 5.59. The number of aromatic nitrogens is 1. The first-order chi connectivity index (χ1) is 9.27. The van der Waals surface area contributed by atoms with Gasteiger partial charge in [-0.1, -0.05) is 26.3 Å². The van der Waals surface area contributed by atoms with Gasteiger partial charge in [0.2, 0.25) is 0 Å². The van der Waals surface area contributed by atoms with Crippen LogP contribution >= 0.6 is 0 Å².